The van der Waals surface area contributed by atoms with Crippen LogP contribution in [0, 0.1) is 12.7 Å². The molecule has 0 heterocycles. The molecule has 18 heavy (non-hydrogen) atoms. The van der Waals surface area contributed by atoms with Crippen LogP contribution >= 0.6 is 0 Å². The Morgan fingerprint density at radius 2 is 1.83 bits per heavy atom. The summed E-state index contributed by atoms with van der Waals surface area (Å²) in [6, 6.07) is 15.2. The molecule has 2 aromatic rings. The lowest BCUT2D eigenvalue weighted by molar-refractivity contribution is 0.626. The van der Waals surface area contributed by atoms with Crippen LogP contribution in [0.3, 0.4) is 0 Å². The normalized spacial score (nSPS) is 12.2. The van der Waals surface area contributed by atoms with Gasteiger partial charge < -0.3 is 5.32 Å². The number of halogens is 1. The zero-order chi connectivity index (χ0) is 13.0. The zero-order valence-electron chi connectivity index (χ0n) is 10.8. The maximum Gasteiger partial charge on any atom is 0.123 e. The fourth-order valence-electron chi connectivity index (χ4n) is 1.99. The van der Waals surface area contributed by atoms with Gasteiger partial charge in [-0.15, -0.1) is 0 Å². The summed E-state index contributed by atoms with van der Waals surface area (Å²) in [6.45, 7) is 4.94. The molecule has 1 unspecified atom stereocenters. The van der Waals surface area contributed by atoms with E-state index in [4.69, 9.17) is 0 Å². The Kier molecular flexibility index (Phi) is 3.98. The lowest BCUT2D eigenvalue weighted by Gasteiger charge is -2.15. The summed E-state index contributed by atoms with van der Waals surface area (Å²) in [6.07, 6.45) is 0. The number of anilines is 1. The number of benzene rings is 2. The van der Waals surface area contributed by atoms with Crippen LogP contribution in [0.1, 0.15) is 24.0 Å². The van der Waals surface area contributed by atoms with Gasteiger partial charge in [-0.3, -0.25) is 0 Å². The second kappa shape index (κ2) is 5.67. The number of hydrogen-bond donors (Lipinski definition) is 1. The Balaban J connectivity index is 1.99. The molecule has 0 aromatic heterocycles. The van der Waals surface area contributed by atoms with E-state index in [-0.39, 0.29) is 5.82 Å². The average molecular weight is 243 g/mol. The lowest BCUT2D eigenvalue weighted by Crippen LogP contribution is -2.10. The second-order valence-electron chi connectivity index (χ2n) is 4.65. The predicted octanol–water partition coefficient (Wildman–Crippen LogP) is 4.35. The van der Waals surface area contributed by atoms with Crippen LogP contribution in [-0.2, 0) is 0 Å². The van der Waals surface area contributed by atoms with Crippen molar-refractivity contribution in [2.45, 2.75) is 19.8 Å². The highest BCUT2D eigenvalue weighted by Gasteiger charge is 2.05. The first-order chi connectivity index (χ1) is 8.66. The van der Waals surface area contributed by atoms with E-state index in [0.29, 0.717) is 5.92 Å². The van der Waals surface area contributed by atoms with Crippen LogP contribution in [0.2, 0.25) is 0 Å². The van der Waals surface area contributed by atoms with Crippen LogP contribution in [0.25, 0.3) is 0 Å². The molecule has 1 N–H and O–H groups in total. The maximum atomic E-state index is 13.0. The molecular formula is C16H18FN. The van der Waals surface area contributed by atoms with Crippen molar-refractivity contribution in [2.24, 2.45) is 0 Å². The molecule has 2 heteroatoms. The first-order valence-corrected chi connectivity index (χ1v) is 6.22. The average Bonchev–Trinajstić information content (AvgIpc) is 2.38. The molecule has 2 rings (SSSR count). The third-order valence-corrected chi connectivity index (χ3v) is 3.16. The minimum absolute atomic E-state index is 0.186. The summed E-state index contributed by atoms with van der Waals surface area (Å²) in [5.41, 5.74) is 3.25. The fourth-order valence-corrected chi connectivity index (χ4v) is 1.99. The van der Waals surface area contributed by atoms with Crippen LogP contribution in [0.5, 0.6) is 0 Å². The van der Waals surface area contributed by atoms with Crippen LogP contribution in [-0.4, -0.2) is 6.54 Å². The van der Waals surface area contributed by atoms with Crippen molar-refractivity contribution in [1.29, 1.82) is 0 Å². The molecule has 0 bridgehead atoms. The Hall–Kier alpha value is -1.83. The van der Waals surface area contributed by atoms with Gasteiger partial charge >= 0.3 is 0 Å². The van der Waals surface area contributed by atoms with Gasteiger partial charge in [-0.25, -0.2) is 4.39 Å². The molecule has 0 fully saturated rings. The van der Waals surface area contributed by atoms with Crippen LogP contribution in [0.4, 0.5) is 10.1 Å². The lowest BCUT2D eigenvalue weighted by atomic mass is 10.0. The van der Waals surface area contributed by atoms with E-state index < -0.39 is 0 Å². The monoisotopic (exact) mass is 243 g/mol. The minimum atomic E-state index is -0.186. The molecule has 0 saturated heterocycles. The summed E-state index contributed by atoms with van der Waals surface area (Å²) in [4.78, 5) is 0. The minimum Gasteiger partial charge on any atom is -0.384 e. The van der Waals surface area contributed by atoms with Crippen molar-refractivity contribution in [3.8, 4) is 0 Å². The number of hydrogen-bond acceptors (Lipinski definition) is 1. The standard InChI is InChI=1S/C16H18FN/c1-12-10-15(17)8-9-16(12)18-11-13(2)14-6-4-3-5-7-14/h3-10,13,18H,11H2,1-2H3. The van der Waals surface area contributed by atoms with Crippen LogP contribution in [0.15, 0.2) is 48.5 Å². The molecule has 94 valence electrons. The topological polar surface area (TPSA) is 12.0 Å². The SMILES string of the molecule is Cc1cc(F)ccc1NCC(C)c1ccccc1. The Labute approximate surface area is 108 Å². The van der Waals surface area contributed by atoms with E-state index in [0.717, 1.165) is 17.8 Å². The van der Waals surface area contributed by atoms with E-state index in [1.54, 1.807) is 12.1 Å². The maximum absolute atomic E-state index is 13.0. The molecule has 0 spiro atoms. The molecule has 0 radical (unpaired) electrons. The molecule has 0 aliphatic rings. The fraction of sp³-hybridized carbons (Fsp3) is 0.250. The first kappa shape index (κ1) is 12.6. The molecular weight excluding hydrogens is 225 g/mol. The smallest absolute Gasteiger partial charge is 0.123 e. The van der Waals surface area contributed by atoms with Gasteiger partial charge in [-0.05, 0) is 42.2 Å². The molecule has 0 amide bonds. The van der Waals surface area contributed by atoms with E-state index in [1.807, 2.05) is 13.0 Å². The quantitative estimate of drug-likeness (QED) is 0.841. The van der Waals surface area contributed by atoms with Crippen molar-refractivity contribution in [3.05, 3.63) is 65.5 Å². The van der Waals surface area contributed by atoms with Crippen molar-refractivity contribution in [2.75, 3.05) is 11.9 Å². The molecule has 1 atom stereocenters. The predicted molar refractivity (Wildman–Crippen MR) is 74.5 cm³/mol. The Morgan fingerprint density at radius 1 is 1.11 bits per heavy atom. The van der Waals surface area contributed by atoms with Gasteiger partial charge in [0.15, 0.2) is 0 Å². The third-order valence-electron chi connectivity index (χ3n) is 3.16. The van der Waals surface area contributed by atoms with Gasteiger partial charge in [0.1, 0.15) is 5.82 Å². The van der Waals surface area contributed by atoms with Crippen molar-refractivity contribution < 1.29 is 4.39 Å². The number of aryl methyl sites for hydroxylation is 1. The number of rotatable bonds is 4. The van der Waals surface area contributed by atoms with Crippen LogP contribution < -0.4 is 5.32 Å². The Morgan fingerprint density at radius 3 is 2.50 bits per heavy atom. The van der Waals surface area contributed by atoms with Gasteiger partial charge in [0.2, 0.25) is 0 Å². The van der Waals surface area contributed by atoms with E-state index >= 15 is 0 Å². The van der Waals surface area contributed by atoms with Crippen molar-refractivity contribution in [1.82, 2.24) is 0 Å². The molecule has 0 saturated carbocycles. The summed E-state index contributed by atoms with van der Waals surface area (Å²) < 4.78 is 13.0. The largest absolute Gasteiger partial charge is 0.384 e. The highest BCUT2D eigenvalue weighted by molar-refractivity contribution is 5.50. The summed E-state index contributed by atoms with van der Waals surface area (Å²) in [7, 11) is 0. The van der Waals surface area contributed by atoms with E-state index in [1.165, 1.54) is 11.6 Å². The summed E-state index contributed by atoms with van der Waals surface area (Å²) >= 11 is 0. The zero-order valence-corrected chi connectivity index (χ0v) is 10.8. The van der Waals surface area contributed by atoms with E-state index in [2.05, 4.69) is 36.5 Å². The van der Waals surface area contributed by atoms with Crippen molar-refractivity contribution >= 4 is 5.69 Å². The number of nitrogens with one attached hydrogen (secondary N) is 1. The van der Waals surface area contributed by atoms with Gasteiger partial charge in [0.25, 0.3) is 0 Å². The summed E-state index contributed by atoms with van der Waals surface area (Å²) in [5, 5.41) is 3.37. The summed E-state index contributed by atoms with van der Waals surface area (Å²) in [5.74, 6) is 0.241. The third kappa shape index (κ3) is 3.10. The highest BCUT2D eigenvalue weighted by atomic mass is 19.1. The molecule has 0 aliphatic carbocycles. The van der Waals surface area contributed by atoms with Gasteiger partial charge in [0.05, 0.1) is 0 Å². The molecule has 0 aliphatic heterocycles. The van der Waals surface area contributed by atoms with Gasteiger partial charge in [-0.2, -0.15) is 0 Å². The van der Waals surface area contributed by atoms with E-state index in [9.17, 15) is 4.39 Å². The molecule has 1 nitrogen and oxygen atoms in total. The van der Waals surface area contributed by atoms with Gasteiger partial charge in [0, 0.05) is 12.2 Å². The van der Waals surface area contributed by atoms with Crippen molar-refractivity contribution in [3.63, 3.8) is 0 Å². The van der Waals surface area contributed by atoms with Gasteiger partial charge in [-0.1, -0.05) is 37.3 Å². The second-order valence-corrected chi connectivity index (χ2v) is 4.65. The Bertz CT molecular complexity index is 508. The first-order valence-electron chi connectivity index (χ1n) is 6.22. The highest BCUT2D eigenvalue weighted by Crippen LogP contribution is 2.19. The molecule has 2 aromatic carbocycles.